The van der Waals surface area contributed by atoms with E-state index in [4.69, 9.17) is 0 Å². The summed E-state index contributed by atoms with van der Waals surface area (Å²) in [6.45, 7) is 3.77. The van der Waals surface area contributed by atoms with Gasteiger partial charge in [-0.05, 0) is 35.9 Å². The summed E-state index contributed by atoms with van der Waals surface area (Å²) >= 11 is 0. The average Bonchev–Trinajstić information content (AvgIpc) is 3.09. The Morgan fingerprint density at radius 1 is 1.10 bits per heavy atom. The molecule has 0 saturated carbocycles. The number of carbonyl (C=O) groups excluding carboxylic acids is 1. The lowest BCUT2D eigenvalue weighted by atomic mass is 10.1. The Kier molecular flexibility index (Phi) is 5.67. The number of nitrogens with zero attached hydrogens (tertiary/aromatic N) is 5. The van der Waals surface area contributed by atoms with Crippen molar-refractivity contribution in [2.75, 3.05) is 26.2 Å². The minimum absolute atomic E-state index is 0.0506. The average molecular weight is 393 g/mol. The Labute approximate surface area is 169 Å². The molecule has 3 aromatic rings. The highest BCUT2D eigenvalue weighted by molar-refractivity contribution is 5.78. The molecule has 1 aliphatic rings. The quantitative estimate of drug-likeness (QED) is 0.668. The first kappa shape index (κ1) is 19.3. The number of hydrogen-bond donors (Lipinski definition) is 0. The van der Waals surface area contributed by atoms with Crippen molar-refractivity contribution in [2.24, 2.45) is 7.05 Å². The Morgan fingerprint density at radius 3 is 2.66 bits per heavy atom. The summed E-state index contributed by atoms with van der Waals surface area (Å²) in [5, 5.41) is 4.60. The Balaban J connectivity index is 1.32. The lowest BCUT2D eigenvalue weighted by Gasteiger charge is -2.34. The van der Waals surface area contributed by atoms with E-state index in [1.165, 1.54) is 12.1 Å². The second-order valence-corrected chi connectivity index (χ2v) is 7.35. The number of carbonyl (C=O) groups is 1. The summed E-state index contributed by atoms with van der Waals surface area (Å²) in [4.78, 5) is 20.9. The number of hydrogen-bond acceptors (Lipinski definition) is 4. The molecule has 0 spiro atoms. The highest BCUT2D eigenvalue weighted by Crippen LogP contribution is 2.19. The number of halogens is 1. The number of aryl methyl sites for hydroxylation is 1. The number of amides is 1. The molecular weight excluding hydrogens is 369 g/mol. The molecule has 150 valence electrons. The van der Waals surface area contributed by atoms with E-state index in [-0.39, 0.29) is 18.1 Å². The van der Waals surface area contributed by atoms with Gasteiger partial charge >= 0.3 is 0 Å². The Morgan fingerprint density at radius 2 is 1.93 bits per heavy atom. The van der Waals surface area contributed by atoms with E-state index in [0.29, 0.717) is 13.1 Å². The van der Waals surface area contributed by atoms with Crippen LogP contribution in [0.2, 0.25) is 0 Å². The zero-order chi connectivity index (χ0) is 20.2. The molecule has 2 aromatic heterocycles. The van der Waals surface area contributed by atoms with Gasteiger partial charge in [0.1, 0.15) is 5.82 Å². The first-order chi connectivity index (χ1) is 14.1. The van der Waals surface area contributed by atoms with Gasteiger partial charge in [-0.25, -0.2) is 4.39 Å². The monoisotopic (exact) mass is 393 g/mol. The normalized spacial score (nSPS) is 14.9. The third-order valence-corrected chi connectivity index (χ3v) is 5.29. The molecule has 0 atom stereocenters. The van der Waals surface area contributed by atoms with Crippen LogP contribution in [0.5, 0.6) is 0 Å². The van der Waals surface area contributed by atoms with Gasteiger partial charge in [0.2, 0.25) is 5.91 Å². The van der Waals surface area contributed by atoms with Gasteiger partial charge in [-0.15, -0.1) is 0 Å². The zero-order valence-corrected chi connectivity index (χ0v) is 16.5. The van der Waals surface area contributed by atoms with E-state index < -0.39 is 0 Å². The fraction of sp³-hybridized carbons (Fsp3) is 0.318. The van der Waals surface area contributed by atoms with Crippen LogP contribution in [-0.2, 0) is 24.8 Å². The van der Waals surface area contributed by atoms with Gasteiger partial charge in [0, 0.05) is 57.7 Å². The lowest BCUT2D eigenvalue weighted by molar-refractivity contribution is -0.132. The summed E-state index contributed by atoms with van der Waals surface area (Å²) in [6.07, 6.45) is 3.81. The molecule has 29 heavy (non-hydrogen) atoms. The molecule has 0 radical (unpaired) electrons. The summed E-state index contributed by atoms with van der Waals surface area (Å²) in [6, 6.07) is 12.3. The van der Waals surface area contributed by atoms with Gasteiger partial charge in [0.15, 0.2) is 0 Å². The summed E-state index contributed by atoms with van der Waals surface area (Å²) in [5.41, 5.74) is 3.76. The Bertz CT molecular complexity index is 980. The maximum Gasteiger partial charge on any atom is 0.227 e. The third-order valence-electron chi connectivity index (χ3n) is 5.29. The molecule has 1 saturated heterocycles. The van der Waals surface area contributed by atoms with Crippen LogP contribution in [0.15, 0.2) is 54.9 Å². The van der Waals surface area contributed by atoms with Crippen molar-refractivity contribution in [2.45, 2.75) is 13.0 Å². The van der Waals surface area contributed by atoms with Crippen LogP contribution in [0.25, 0.3) is 11.3 Å². The maximum absolute atomic E-state index is 13.3. The first-order valence-corrected chi connectivity index (χ1v) is 9.76. The van der Waals surface area contributed by atoms with Crippen molar-refractivity contribution in [3.8, 4) is 11.3 Å². The molecule has 1 fully saturated rings. The van der Waals surface area contributed by atoms with E-state index in [1.54, 1.807) is 18.3 Å². The van der Waals surface area contributed by atoms with E-state index in [0.717, 1.165) is 42.1 Å². The van der Waals surface area contributed by atoms with Crippen molar-refractivity contribution in [1.29, 1.82) is 0 Å². The molecule has 1 amide bonds. The number of rotatable bonds is 5. The topological polar surface area (TPSA) is 54.3 Å². The highest BCUT2D eigenvalue weighted by Gasteiger charge is 2.22. The zero-order valence-electron chi connectivity index (χ0n) is 16.5. The molecule has 0 N–H and O–H groups in total. The van der Waals surface area contributed by atoms with E-state index in [9.17, 15) is 9.18 Å². The standard InChI is InChI=1S/C22H24FN5O/c1-26-20(14-21(25-26)18-5-3-7-24-15-18)16-27-8-10-28(11-9-27)22(29)13-17-4-2-6-19(23)12-17/h2-7,12,14-15H,8-11,13,16H2,1H3. The molecule has 1 aliphatic heterocycles. The molecule has 0 bridgehead atoms. The molecule has 1 aromatic carbocycles. The summed E-state index contributed by atoms with van der Waals surface area (Å²) in [5.74, 6) is -0.253. The second-order valence-electron chi connectivity index (χ2n) is 7.35. The minimum atomic E-state index is -0.304. The smallest absolute Gasteiger partial charge is 0.227 e. The number of pyridine rings is 1. The third kappa shape index (κ3) is 4.68. The van der Waals surface area contributed by atoms with Crippen LogP contribution in [0.4, 0.5) is 4.39 Å². The van der Waals surface area contributed by atoms with Gasteiger partial charge < -0.3 is 4.90 Å². The maximum atomic E-state index is 13.3. The molecule has 4 rings (SSSR count). The van der Waals surface area contributed by atoms with Gasteiger partial charge in [-0.3, -0.25) is 19.4 Å². The lowest BCUT2D eigenvalue weighted by Crippen LogP contribution is -2.48. The van der Waals surface area contributed by atoms with Crippen LogP contribution in [0.1, 0.15) is 11.3 Å². The predicted octanol–water partition coefficient (Wildman–Crippen LogP) is 2.51. The van der Waals surface area contributed by atoms with Crippen LogP contribution >= 0.6 is 0 Å². The molecular formula is C22H24FN5O. The Hall–Kier alpha value is -3.06. The first-order valence-electron chi connectivity index (χ1n) is 9.76. The molecule has 7 heteroatoms. The molecule has 0 aliphatic carbocycles. The van der Waals surface area contributed by atoms with E-state index in [1.807, 2.05) is 35.0 Å². The van der Waals surface area contributed by atoms with Crippen LogP contribution in [0.3, 0.4) is 0 Å². The van der Waals surface area contributed by atoms with Gasteiger partial charge in [0.25, 0.3) is 0 Å². The summed E-state index contributed by atoms with van der Waals surface area (Å²) < 4.78 is 15.2. The second kappa shape index (κ2) is 8.53. The number of benzene rings is 1. The highest BCUT2D eigenvalue weighted by atomic mass is 19.1. The molecule has 6 nitrogen and oxygen atoms in total. The predicted molar refractivity (Wildman–Crippen MR) is 108 cm³/mol. The van der Waals surface area contributed by atoms with Crippen molar-refractivity contribution in [1.82, 2.24) is 24.6 Å². The fourth-order valence-electron chi connectivity index (χ4n) is 3.63. The fourth-order valence-corrected chi connectivity index (χ4v) is 3.63. The number of aromatic nitrogens is 3. The van der Waals surface area contributed by atoms with Crippen LogP contribution in [0, 0.1) is 5.82 Å². The van der Waals surface area contributed by atoms with Crippen molar-refractivity contribution < 1.29 is 9.18 Å². The largest absolute Gasteiger partial charge is 0.340 e. The van der Waals surface area contributed by atoms with Crippen molar-refractivity contribution in [3.05, 3.63) is 71.9 Å². The van der Waals surface area contributed by atoms with Crippen molar-refractivity contribution in [3.63, 3.8) is 0 Å². The SMILES string of the molecule is Cn1nc(-c2cccnc2)cc1CN1CCN(C(=O)Cc2cccc(F)c2)CC1. The summed E-state index contributed by atoms with van der Waals surface area (Å²) in [7, 11) is 1.95. The van der Waals surface area contributed by atoms with Gasteiger partial charge in [-0.1, -0.05) is 12.1 Å². The van der Waals surface area contributed by atoms with Crippen LogP contribution in [-0.4, -0.2) is 56.7 Å². The van der Waals surface area contributed by atoms with E-state index in [2.05, 4.69) is 21.0 Å². The van der Waals surface area contributed by atoms with Crippen LogP contribution < -0.4 is 0 Å². The van der Waals surface area contributed by atoms with Crippen molar-refractivity contribution >= 4 is 5.91 Å². The van der Waals surface area contributed by atoms with Gasteiger partial charge in [0.05, 0.1) is 17.8 Å². The van der Waals surface area contributed by atoms with E-state index >= 15 is 0 Å². The molecule has 3 heterocycles. The minimum Gasteiger partial charge on any atom is -0.340 e. The van der Waals surface area contributed by atoms with Gasteiger partial charge in [-0.2, -0.15) is 5.10 Å². The number of piperazine rings is 1. The molecule has 0 unspecified atom stereocenters.